The minimum Gasteiger partial charge on any atom is -0.409 e. The van der Waals surface area contributed by atoms with Gasteiger partial charge < -0.3 is 10.9 Å². The first-order valence-corrected chi connectivity index (χ1v) is 7.00. The van der Waals surface area contributed by atoms with Crippen molar-refractivity contribution in [3.8, 4) is 0 Å². The highest BCUT2D eigenvalue weighted by atomic mass is 35.5. The fourth-order valence-electron chi connectivity index (χ4n) is 1.25. The second-order valence-electron chi connectivity index (χ2n) is 3.29. The molecule has 2 rings (SSSR count). The Kier molecular flexibility index (Phi) is 4.40. The van der Waals surface area contributed by atoms with Gasteiger partial charge in [-0.25, -0.2) is 4.98 Å². The van der Waals surface area contributed by atoms with E-state index in [9.17, 15) is 0 Å². The van der Waals surface area contributed by atoms with E-state index in [0.29, 0.717) is 16.3 Å². The maximum Gasteiger partial charge on any atom is 0.170 e. The predicted octanol–water partition coefficient (Wildman–Crippen LogP) is 2.58. The number of hydrogen-bond donors (Lipinski definition) is 2. The van der Waals surface area contributed by atoms with E-state index in [-0.39, 0.29) is 5.84 Å². The molecule has 5 nitrogen and oxygen atoms in total. The van der Waals surface area contributed by atoms with E-state index in [1.807, 2.05) is 6.07 Å². The highest BCUT2D eigenvalue weighted by Gasteiger charge is 2.06. The lowest BCUT2D eigenvalue weighted by Gasteiger charge is -2.05. The van der Waals surface area contributed by atoms with Gasteiger partial charge in [0.05, 0.1) is 0 Å². The van der Waals surface area contributed by atoms with Gasteiger partial charge in [-0.1, -0.05) is 40.7 Å². The summed E-state index contributed by atoms with van der Waals surface area (Å²) < 4.78 is 4.82. The average molecular weight is 301 g/mol. The lowest BCUT2D eigenvalue weighted by molar-refractivity contribution is 0.318. The van der Waals surface area contributed by atoms with Gasteiger partial charge in [0.25, 0.3) is 0 Å². The number of aromatic nitrogens is 2. The Hall–Kier alpha value is -1.31. The van der Waals surface area contributed by atoms with Crippen LogP contribution in [0.15, 0.2) is 34.0 Å². The van der Waals surface area contributed by atoms with Crippen LogP contribution >= 0.6 is 34.9 Å². The highest BCUT2D eigenvalue weighted by Crippen LogP contribution is 2.27. The van der Waals surface area contributed by atoms with Gasteiger partial charge in [-0.3, -0.25) is 0 Å². The minimum absolute atomic E-state index is 0.0419. The molecule has 3 N–H and O–H groups in total. The Morgan fingerprint density at radius 1 is 1.56 bits per heavy atom. The molecule has 18 heavy (non-hydrogen) atoms. The van der Waals surface area contributed by atoms with Crippen LogP contribution in [0.1, 0.15) is 11.1 Å². The summed E-state index contributed by atoms with van der Waals surface area (Å²) in [6.45, 7) is 0. The third-order valence-corrected chi connectivity index (χ3v) is 4.35. The van der Waals surface area contributed by atoms with Crippen LogP contribution in [0.4, 0.5) is 0 Å². The van der Waals surface area contributed by atoms with Gasteiger partial charge in [0.2, 0.25) is 0 Å². The first-order chi connectivity index (χ1) is 8.70. The Balaban J connectivity index is 2.10. The molecular formula is C10H9ClN4OS2. The van der Waals surface area contributed by atoms with Crippen LogP contribution in [0.3, 0.4) is 0 Å². The number of amidine groups is 1. The van der Waals surface area contributed by atoms with E-state index in [1.54, 1.807) is 23.9 Å². The zero-order chi connectivity index (χ0) is 13.0. The fourth-order valence-corrected chi connectivity index (χ4v) is 3.02. The summed E-state index contributed by atoms with van der Waals surface area (Å²) in [5.74, 6) is 0.741. The molecule has 0 saturated carbocycles. The van der Waals surface area contributed by atoms with E-state index in [4.69, 9.17) is 22.5 Å². The number of halogens is 1. The Labute approximate surface area is 117 Å². The molecule has 0 unspecified atom stereocenters. The van der Waals surface area contributed by atoms with Gasteiger partial charge in [-0.15, -0.1) is 0 Å². The summed E-state index contributed by atoms with van der Waals surface area (Å²) in [7, 11) is 0. The zero-order valence-electron chi connectivity index (χ0n) is 9.08. The molecule has 1 aromatic carbocycles. The maximum absolute atomic E-state index is 8.58. The summed E-state index contributed by atoms with van der Waals surface area (Å²) in [6.07, 6.45) is 1.52. The molecule has 0 spiro atoms. The second kappa shape index (κ2) is 6.03. The van der Waals surface area contributed by atoms with Gasteiger partial charge in [0.15, 0.2) is 10.2 Å². The number of nitrogens with two attached hydrogens (primary N) is 1. The van der Waals surface area contributed by atoms with Crippen molar-refractivity contribution in [2.75, 3.05) is 0 Å². The molecule has 0 aliphatic rings. The van der Waals surface area contributed by atoms with Crippen LogP contribution in [-0.2, 0) is 5.75 Å². The minimum atomic E-state index is 0.0419. The molecule has 0 fully saturated rings. The molecule has 0 atom stereocenters. The van der Waals surface area contributed by atoms with Crippen LogP contribution in [0, 0.1) is 0 Å². The molecule has 0 saturated heterocycles. The molecule has 0 amide bonds. The molecule has 1 heterocycles. The lowest BCUT2D eigenvalue weighted by Crippen LogP contribution is -2.12. The molecule has 0 aliphatic heterocycles. The van der Waals surface area contributed by atoms with Gasteiger partial charge >= 0.3 is 0 Å². The average Bonchev–Trinajstić information content (AvgIpc) is 2.89. The molecule has 94 valence electrons. The van der Waals surface area contributed by atoms with Gasteiger partial charge in [0.1, 0.15) is 6.33 Å². The molecule has 0 bridgehead atoms. The summed E-state index contributed by atoms with van der Waals surface area (Å²) in [5, 5.41) is 12.1. The fraction of sp³-hybridized carbons (Fsp3) is 0.100. The monoisotopic (exact) mass is 300 g/mol. The Morgan fingerprint density at radius 2 is 2.39 bits per heavy atom. The summed E-state index contributed by atoms with van der Waals surface area (Å²) in [5.41, 5.74) is 7.04. The van der Waals surface area contributed by atoms with Crippen LogP contribution in [0.2, 0.25) is 5.02 Å². The number of benzene rings is 1. The molecule has 1 aromatic heterocycles. The number of hydrogen-bond acceptors (Lipinski definition) is 6. The van der Waals surface area contributed by atoms with E-state index in [2.05, 4.69) is 14.5 Å². The van der Waals surface area contributed by atoms with Crippen molar-refractivity contribution < 1.29 is 5.21 Å². The number of rotatable bonds is 4. The number of nitrogens with zero attached hydrogens (tertiary/aromatic N) is 3. The summed E-state index contributed by atoms with van der Waals surface area (Å²) in [6, 6.07) is 5.28. The largest absolute Gasteiger partial charge is 0.409 e. The van der Waals surface area contributed by atoms with Crippen LogP contribution in [0.5, 0.6) is 0 Å². The number of thioether (sulfide) groups is 1. The molecule has 2 aromatic rings. The third-order valence-electron chi connectivity index (χ3n) is 2.15. The van der Waals surface area contributed by atoms with Gasteiger partial charge in [0, 0.05) is 16.3 Å². The Morgan fingerprint density at radius 3 is 3.00 bits per heavy atom. The first-order valence-electron chi connectivity index (χ1n) is 4.86. The van der Waals surface area contributed by atoms with Crippen LogP contribution in [-0.4, -0.2) is 20.4 Å². The Bertz CT molecular complexity index is 559. The van der Waals surface area contributed by atoms with Crippen molar-refractivity contribution in [3.63, 3.8) is 0 Å². The standard InChI is InChI=1S/C10H9ClN4OS2/c11-8-3-6(9(12)15-16)1-2-7(8)4-17-10-13-5-14-18-10/h1-3,5,16H,4H2,(H2,12,15). The van der Waals surface area contributed by atoms with Gasteiger partial charge in [-0.05, 0) is 23.2 Å². The number of oxime groups is 1. The van der Waals surface area contributed by atoms with Crippen LogP contribution in [0.25, 0.3) is 0 Å². The zero-order valence-corrected chi connectivity index (χ0v) is 11.5. The topological polar surface area (TPSA) is 84.4 Å². The van der Waals surface area contributed by atoms with E-state index < -0.39 is 0 Å². The van der Waals surface area contributed by atoms with E-state index in [0.717, 1.165) is 9.90 Å². The summed E-state index contributed by atoms with van der Waals surface area (Å²) >= 11 is 9.04. The quantitative estimate of drug-likeness (QED) is 0.298. The van der Waals surface area contributed by atoms with Crippen molar-refractivity contribution in [3.05, 3.63) is 40.7 Å². The molecule has 0 radical (unpaired) electrons. The normalized spacial score (nSPS) is 11.7. The second-order valence-corrected chi connectivity index (χ2v) is 5.70. The first kappa shape index (κ1) is 13.1. The lowest BCUT2D eigenvalue weighted by atomic mass is 10.1. The van der Waals surface area contributed by atoms with Crippen molar-refractivity contribution >= 4 is 40.7 Å². The van der Waals surface area contributed by atoms with E-state index in [1.165, 1.54) is 17.9 Å². The SMILES string of the molecule is N/C(=N/O)c1ccc(CSc2ncns2)c(Cl)c1. The van der Waals surface area contributed by atoms with Crippen molar-refractivity contribution in [1.29, 1.82) is 0 Å². The highest BCUT2D eigenvalue weighted by molar-refractivity contribution is 8.00. The molecule has 0 aliphatic carbocycles. The molecule has 8 heteroatoms. The maximum atomic E-state index is 8.58. The third kappa shape index (κ3) is 3.12. The van der Waals surface area contributed by atoms with Gasteiger partial charge in [-0.2, -0.15) is 4.37 Å². The summed E-state index contributed by atoms with van der Waals surface area (Å²) in [4.78, 5) is 4.08. The van der Waals surface area contributed by atoms with Crippen molar-refractivity contribution in [2.45, 2.75) is 10.1 Å². The molecular weight excluding hydrogens is 292 g/mol. The smallest absolute Gasteiger partial charge is 0.170 e. The predicted molar refractivity (Wildman–Crippen MR) is 73.4 cm³/mol. The van der Waals surface area contributed by atoms with Crippen LogP contribution < -0.4 is 5.73 Å². The van der Waals surface area contributed by atoms with Crippen molar-refractivity contribution in [1.82, 2.24) is 9.36 Å². The van der Waals surface area contributed by atoms with E-state index >= 15 is 0 Å². The van der Waals surface area contributed by atoms with Crippen molar-refractivity contribution in [2.24, 2.45) is 10.9 Å².